The van der Waals surface area contributed by atoms with Crippen LogP contribution in [-0.4, -0.2) is 33.2 Å². The Morgan fingerprint density at radius 3 is 2.48 bits per heavy atom. The van der Waals surface area contributed by atoms with Gasteiger partial charge >= 0.3 is 0 Å². The van der Waals surface area contributed by atoms with Crippen molar-refractivity contribution in [2.24, 2.45) is 5.11 Å². The van der Waals surface area contributed by atoms with Crippen LogP contribution in [0.15, 0.2) is 5.11 Å². The first kappa shape index (κ1) is 18.5. The molecule has 0 aromatic carbocycles. The van der Waals surface area contributed by atoms with Gasteiger partial charge in [0.25, 0.3) is 0 Å². The average Bonchev–Trinajstić information content (AvgIpc) is 2.72. The van der Waals surface area contributed by atoms with E-state index in [-0.39, 0.29) is 23.3 Å². The number of nitrogens with zero attached hydrogens (tertiary/aromatic N) is 3. The minimum absolute atomic E-state index is 0.0705. The van der Waals surface area contributed by atoms with Crippen LogP contribution < -0.4 is 0 Å². The van der Waals surface area contributed by atoms with Crippen molar-refractivity contribution in [3.05, 3.63) is 10.4 Å². The largest absolute Gasteiger partial charge is 0.411 e. The summed E-state index contributed by atoms with van der Waals surface area (Å²) >= 11 is 0. The van der Waals surface area contributed by atoms with E-state index in [1.54, 1.807) is 0 Å². The SMILES string of the molecule is CCCCO[C@H]1CC[C@@H](N=[N+]=[N-])[C@@H]1O[Si](C)(C)C(C)(C)C. The van der Waals surface area contributed by atoms with Crippen LogP contribution in [0.1, 0.15) is 53.4 Å². The molecule has 0 aromatic rings. The summed E-state index contributed by atoms with van der Waals surface area (Å²) in [5.74, 6) is 0. The van der Waals surface area contributed by atoms with Crippen LogP contribution in [0.3, 0.4) is 0 Å². The molecule has 0 unspecified atom stereocenters. The molecule has 0 saturated heterocycles. The molecule has 1 aliphatic carbocycles. The first-order valence-electron chi connectivity index (χ1n) is 8.06. The van der Waals surface area contributed by atoms with Crippen molar-refractivity contribution in [1.82, 2.24) is 0 Å². The number of hydrogen-bond donors (Lipinski definition) is 0. The molecule has 0 aliphatic heterocycles. The lowest BCUT2D eigenvalue weighted by molar-refractivity contribution is -0.0179. The molecule has 1 saturated carbocycles. The lowest BCUT2D eigenvalue weighted by atomic mass is 10.2. The zero-order valence-corrected chi connectivity index (χ0v) is 15.4. The fourth-order valence-electron chi connectivity index (χ4n) is 2.33. The fourth-order valence-corrected chi connectivity index (χ4v) is 3.67. The fraction of sp³-hybridized carbons (Fsp3) is 1.00. The van der Waals surface area contributed by atoms with Gasteiger partial charge in [-0.2, -0.15) is 0 Å². The first-order valence-corrected chi connectivity index (χ1v) is 11.0. The molecule has 0 spiro atoms. The highest BCUT2D eigenvalue weighted by Gasteiger charge is 2.45. The Labute approximate surface area is 130 Å². The number of hydrogen-bond acceptors (Lipinski definition) is 3. The molecule has 1 fully saturated rings. The van der Waals surface area contributed by atoms with Crippen molar-refractivity contribution in [3.8, 4) is 0 Å². The molecule has 0 aromatic heterocycles. The Bertz CT molecular complexity index is 376. The molecular formula is C15H31N3O2Si. The van der Waals surface area contributed by atoms with Crippen molar-refractivity contribution in [1.29, 1.82) is 0 Å². The molecule has 1 rings (SSSR count). The second kappa shape index (κ2) is 7.63. The van der Waals surface area contributed by atoms with E-state index in [9.17, 15) is 0 Å². The molecule has 6 heteroatoms. The summed E-state index contributed by atoms with van der Waals surface area (Å²) in [4.78, 5) is 3.00. The summed E-state index contributed by atoms with van der Waals surface area (Å²) in [5, 5.41) is 4.09. The predicted molar refractivity (Wildman–Crippen MR) is 88.9 cm³/mol. The van der Waals surface area contributed by atoms with Crippen molar-refractivity contribution in [3.63, 3.8) is 0 Å². The van der Waals surface area contributed by atoms with Gasteiger partial charge in [-0.15, -0.1) is 0 Å². The molecule has 0 heterocycles. The van der Waals surface area contributed by atoms with E-state index in [4.69, 9.17) is 14.7 Å². The van der Waals surface area contributed by atoms with Gasteiger partial charge in [-0.1, -0.05) is 39.2 Å². The van der Waals surface area contributed by atoms with Crippen molar-refractivity contribution in [2.45, 2.75) is 89.8 Å². The molecule has 1 aliphatic rings. The van der Waals surface area contributed by atoms with Gasteiger partial charge in [-0.05, 0) is 42.9 Å². The van der Waals surface area contributed by atoms with Gasteiger partial charge in [0.15, 0.2) is 8.32 Å². The average molecular weight is 314 g/mol. The molecule has 0 N–H and O–H groups in total. The predicted octanol–water partition coefficient (Wildman–Crippen LogP) is 5.03. The minimum atomic E-state index is -1.89. The van der Waals surface area contributed by atoms with E-state index in [2.05, 4.69) is 50.8 Å². The van der Waals surface area contributed by atoms with E-state index in [1.165, 1.54) is 0 Å². The molecule has 0 bridgehead atoms. The number of ether oxygens (including phenoxy) is 1. The maximum atomic E-state index is 8.78. The van der Waals surface area contributed by atoms with Gasteiger partial charge in [-0.3, -0.25) is 0 Å². The highest BCUT2D eigenvalue weighted by atomic mass is 28.4. The third-order valence-corrected chi connectivity index (χ3v) is 9.23. The van der Waals surface area contributed by atoms with Crippen LogP contribution in [0, 0.1) is 0 Å². The minimum Gasteiger partial charge on any atom is -0.411 e. The molecule has 21 heavy (non-hydrogen) atoms. The second-order valence-electron chi connectivity index (χ2n) is 7.46. The third kappa shape index (κ3) is 4.99. The summed E-state index contributed by atoms with van der Waals surface area (Å²) in [7, 11) is -1.89. The molecule has 3 atom stereocenters. The van der Waals surface area contributed by atoms with Crippen LogP contribution in [0.5, 0.6) is 0 Å². The number of unbranched alkanes of at least 4 members (excludes halogenated alkanes) is 1. The Morgan fingerprint density at radius 2 is 1.95 bits per heavy atom. The lowest BCUT2D eigenvalue weighted by Crippen LogP contribution is -2.48. The van der Waals surface area contributed by atoms with Gasteiger partial charge in [0.05, 0.1) is 18.2 Å². The lowest BCUT2D eigenvalue weighted by Gasteiger charge is -2.40. The normalized spacial score (nSPS) is 26.7. The molecular weight excluding hydrogens is 282 g/mol. The maximum absolute atomic E-state index is 8.78. The molecule has 122 valence electrons. The smallest absolute Gasteiger partial charge is 0.192 e. The standard InChI is InChI=1S/C15H31N3O2Si/c1-7-8-11-19-13-10-9-12(17-18-16)14(13)20-21(5,6)15(2,3)4/h12-14H,7-11H2,1-6H3/t12-,13+,14+/m1/s1. The van der Waals surface area contributed by atoms with Crippen LogP contribution >= 0.6 is 0 Å². The van der Waals surface area contributed by atoms with E-state index in [0.717, 1.165) is 32.3 Å². The van der Waals surface area contributed by atoms with Gasteiger partial charge in [0.2, 0.25) is 0 Å². The second-order valence-corrected chi connectivity index (χ2v) is 12.2. The zero-order valence-electron chi connectivity index (χ0n) is 14.4. The molecule has 0 amide bonds. The Morgan fingerprint density at radius 1 is 1.29 bits per heavy atom. The van der Waals surface area contributed by atoms with E-state index < -0.39 is 8.32 Å². The van der Waals surface area contributed by atoms with Crippen molar-refractivity contribution < 1.29 is 9.16 Å². The highest BCUT2D eigenvalue weighted by Crippen LogP contribution is 2.40. The summed E-state index contributed by atoms with van der Waals surface area (Å²) in [6.07, 6.45) is 3.96. The molecule has 0 radical (unpaired) electrons. The van der Waals surface area contributed by atoms with Crippen LogP contribution in [0.4, 0.5) is 0 Å². The Balaban J connectivity index is 2.80. The quantitative estimate of drug-likeness (QED) is 0.217. The summed E-state index contributed by atoms with van der Waals surface area (Å²) in [6, 6.07) is -0.0873. The zero-order chi connectivity index (χ0) is 16.1. The molecule has 5 nitrogen and oxygen atoms in total. The number of azide groups is 1. The van der Waals surface area contributed by atoms with Gasteiger partial charge in [0, 0.05) is 11.5 Å². The summed E-state index contributed by atoms with van der Waals surface area (Å²) in [6.45, 7) is 14.1. The van der Waals surface area contributed by atoms with Gasteiger partial charge < -0.3 is 9.16 Å². The third-order valence-electron chi connectivity index (χ3n) is 4.76. The van der Waals surface area contributed by atoms with Gasteiger partial charge in [-0.25, -0.2) is 0 Å². The van der Waals surface area contributed by atoms with Crippen LogP contribution in [-0.2, 0) is 9.16 Å². The van der Waals surface area contributed by atoms with Crippen molar-refractivity contribution >= 4 is 8.32 Å². The number of rotatable bonds is 7. The Hall–Kier alpha value is -0.553. The van der Waals surface area contributed by atoms with E-state index >= 15 is 0 Å². The van der Waals surface area contributed by atoms with Crippen LogP contribution in [0.2, 0.25) is 18.1 Å². The highest BCUT2D eigenvalue weighted by molar-refractivity contribution is 6.74. The topological polar surface area (TPSA) is 67.2 Å². The van der Waals surface area contributed by atoms with Gasteiger partial charge in [0.1, 0.15) is 0 Å². The summed E-state index contributed by atoms with van der Waals surface area (Å²) in [5.41, 5.74) is 8.78. The van der Waals surface area contributed by atoms with E-state index in [1.807, 2.05) is 0 Å². The monoisotopic (exact) mass is 313 g/mol. The van der Waals surface area contributed by atoms with E-state index in [0.29, 0.717) is 0 Å². The Kier molecular flexibility index (Phi) is 6.72. The summed E-state index contributed by atoms with van der Waals surface area (Å²) < 4.78 is 12.5. The van der Waals surface area contributed by atoms with Crippen molar-refractivity contribution in [2.75, 3.05) is 6.61 Å². The van der Waals surface area contributed by atoms with Crippen LogP contribution in [0.25, 0.3) is 10.4 Å². The maximum Gasteiger partial charge on any atom is 0.192 e. The first-order chi connectivity index (χ1) is 9.73.